The SMILES string of the molecule is COC[C@H]1NC(=O)CC/C=C\[C@H]2O[C@]34C=CCN(c5cc(C)ccc5C)C(=O)[C@H]3N(CCCO)C(=O)[C@@H]4[C@H]2C(=O)O[C@@H]1c1ccccc1. The minimum atomic E-state index is -1.47. The summed E-state index contributed by atoms with van der Waals surface area (Å²) >= 11 is 0. The van der Waals surface area contributed by atoms with Gasteiger partial charge < -0.3 is 34.4 Å². The smallest absolute Gasteiger partial charge is 0.313 e. The largest absolute Gasteiger partial charge is 0.455 e. The van der Waals surface area contributed by atoms with Gasteiger partial charge in [-0.2, -0.15) is 0 Å². The number of ether oxygens (including phenoxy) is 3. The number of esters is 1. The number of fused-ring (bicyclic) bond motifs is 2. The van der Waals surface area contributed by atoms with E-state index in [4.69, 9.17) is 14.2 Å². The first-order valence-electron chi connectivity index (χ1n) is 16.6. The van der Waals surface area contributed by atoms with Gasteiger partial charge in [-0.3, -0.25) is 19.2 Å². The first-order valence-corrected chi connectivity index (χ1v) is 16.6. The Morgan fingerprint density at radius 1 is 1.04 bits per heavy atom. The number of likely N-dealkylation sites (tertiary alicyclic amines) is 1. The summed E-state index contributed by atoms with van der Waals surface area (Å²) < 4.78 is 18.5. The van der Waals surface area contributed by atoms with E-state index in [1.165, 1.54) is 12.0 Å². The molecule has 254 valence electrons. The van der Waals surface area contributed by atoms with E-state index in [1.807, 2.05) is 68.5 Å². The van der Waals surface area contributed by atoms with Crippen molar-refractivity contribution in [2.24, 2.45) is 11.8 Å². The van der Waals surface area contributed by atoms with Gasteiger partial charge in [0.2, 0.25) is 11.8 Å². The number of nitrogens with zero attached hydrogens (tertiary/aromatic N) is 2. The summed E-state index contributed by atoms with van der Waals surface area (Å²) in [7, 11) is 1.51. The van der Waals surface area contributed by atoms with Crippen LogP contribution in [0.1, 0.15) is 42.1 Å². The maximum absolute atomic E-state index is 14.7. The van der Waals surface area contributed by atoms with E-state index >= 15 is 0 Å². The molecular weight excluding hydrogens is 614 g/mol. The van der Waals surface area contributed by atoms with Crippen molar-refractivity contribution >= 4 is 29.4 Å². The van der Waals surface area contributed by atoms with Crippen molar-refractivity contribution in [2.75, 3.05) is 38.3 Å². The number of carbonyl (C=O) groups excluding carboxylic acids is 4. The Morgan fingerprint density at radius 3 is 2.58 bits per heavy atom. The van der Waals surface area contributed by atoms with Gasteiger partial charge in [-0.05, 0) is 49.4 Å². The number of benzene rings is 2. The number of cyclic esters (lactones) is 1. The van der Waals surface area contributed by atoms with Gasteiger partial charge in [-0.1, -0.05) is 66.8 Å². The number of carbonyl (C=O) groups is 4. The summed E-state index contributed by atoms with van der Waals surface area (Å²) in [6.45, 7) is 4.15. The summed E-state index contributed by atoms with van der Waals surface area (Å²) in [5, 5.41) is 12.7. The highest BCUT2D eigenvalue weighted by molar-refractivity contribution is 6.06. The second-order valence-electron chi connectivity index (χ2n) is 13.0. The number of aryl methyl sites for hydroxylation is 2. The molecule has 0 bridgehead atoms. The molecule has 3 amide bonds. The third-order valence-corrected chi connectivity index (χ3v) is 9.77. The Bertz CT molecular complexity index is 1610. The second kappa shape index (κ2) is 14.0. The lowest BCUT2D eigenvalue weighted by Gasteiger charge is -2.35. The van der Waals surface area contributed by atoms with Crippen LogP contribution >= 0.6 is 0 Å². The number of hydrogen-bond donors (Lipinski definition) is 2. The molecule has 2 aromatic carbocycles. The van der Waals surface area contributed by atoms with E-state index in [1.54, 1.807) is 23.1 Å². The highest BCUT2D eigenvalue weighted by Gasteiger charge is 2.71. The summed E-state index contributed by atoms with van der Waals surface area (Å²) in [5.41, 5.74) is 1.80. The second-order valence-corrected chi connectivity index (χ2v) is 13.0. The molecule has 2 aromatic rings. The van der Waals surface area contributed by atoms with Crippen molar-refractivity contribution in [1.29, 1.82) is 0 Å². The molecule has 0 aromatic heterocycles. The van der Waals surface area contributed by atoms with Crippen molar-refractivity contribution in [2.45, 2.75) is 63.0 Å². The van der Waals surface area contributed by atoms with E-state index in [0.717, 1.165) is 16.8 Å². The lowest BCUT2D eigenvalue weighted by atomic mass is 9.77. The Kier molecular flexibility index (Phi) is 9.82. The molecule has 6 rings (SSSR count). The van der Waals surface area contributed by atoms with Crippen LogP contribution in [0.5, 0.6) is 0 Å². The minimum Gasteiger partial charge on any atom is -0.455 e. The van der Waals surface area contributed by atoms with E-state index in [2.05, 4.69) is 5.32 Å². The molecule has 48 heavy (non-hydrogen) atoms. The molecule has 4 heterocycles. The maximum atomic E-state index is 14.7. The predicted octanol–water partition coefficient (Wildman–Crippen LogP) is 2.94. The van der Waals surface area contributed by atoms with Crippen molar-refractivity contribution in [3.05, 3.63) is 89.5 Å². The Morgan fingerprint density at radius 2 is 1.83 bits per heavy atom. The highest BCUT2D eigenvalue weighted by Crippen LogP contribution is 2.53. The molecule has 1 spiro atoms. The summed E-state index contributed by atoms with van der Waals surface area (Å²) in [6.07, 6.45) is 6.07. The molecular formula is C37H43N3O8. The first-order chi connectivity index (χ1) is 23.2. The van der Waals surface area contributed by atoms with Gasteiger partial charge in [0.1, 0.15) is 23.7 Å². The average Bonchev–Trinajstić information content (AvgIpc) is 3.46. The Hall–Kier alpha value is -4.32. The number of amides is 3. The maximum Gasteiger partial charge on any atom is 0.313 e. The number of methoxy groups -OCH3 is 1. The lowest BCUT2D eigenvalue weighted by Crippen LogP contribution is -2.55. The molecule has 11 heteroatoms. The molecule has 2 N–H and O–H groups in total. The van der Waals surface area contributed by atoms with Gasteiger partial charge in [0.25, 0.3) is 5.91 Å². The molecule has 11 nitrogen and oxygen atoms in total. The van der Waals surface area contributed by atoms with Gasteiger partial charge in [0.15, 0.2) is 0 Å². The monoisotopic (exact) mass is 657 g/mol. The number of allylic oxidation sites excluding steroid dienone is 1. The minimum absolute atomic E-state index is 0.0772. The molecule has 4 aliphatic heterocycles. The van der Waals surface area contributed by atoms with Gasteiger partial charge in [0.05, 0.1) is 24.7 Å². The fraction of sp³-hybridized carbons (Fsp3) is 0.459. The summed E-state index contributed by atoms with van der Waals surface area (Å²) in [6, 6.07) is 13.2. The normalized spacial score (nSPS) is 31.2. The molecule has 0 saturated carbocycles. The summed E-state index contributed by atoms with van der Waals surface area (Å²) in [5.74, 6) is -3.80. The number of aliphatic hydroxyl groups excluding tert-OH is 1. The van der Waals surface area contributed by atoms with Gasteiger partial charge >= 0.3 is 5.97 Å². The number of hydrogen-bond acceptors (Lipinski definition) is 8. The standard InChI is InChI=1S/C37H43N3O8/c1-23-15-16-24(2)27(21-23)39-18-9-17-37-31(34(43)40(19-10-20-41)33(37)35(39)44)30-28(48-37)13-7-8-14-29(42)38-26(22-46-3)32(47-36(30)45)25-11-5-4-6-12-25/h4-7,9,11-13,15-17,21,26,28,30-33,41H,8,10,14,18-20,22H2,1-3H3,(H,38,42)/b13-7-/t26-,28-,30+,31+,32-,33-,37+/m1/s1. The zero-order chi connectivity index (χ0) is 34.0. The van der Waals surface area contributed by atoms with Crippen LogP contribution in [0.15, 0.2) is 72.8 Å². The quantitative estimate of drug-likeness (QED) is 0.343. The molecule has 2 fully saturated rings. The lowest BCUT2D eigenvalue weighted by molar-refractivity contribution is -0.162. The zero-order valence-electron chi connectivity index (χ0n) is 27.5. The topological polar surface area (TPSA) is 135 Å². The first kappa shape index (κ1) is 33.6. The fourth-order valence-electron chi connectivity index (χ4n) is 7.60. The summed E-state index contributed by atoms with van der Waals surface area (Å²) in [4.78, 5) is 59.9. The third-order valence-electron chi connectivity index (χ3n) is 9.77. The van der Waals surface area contributed by atoms with Gasteiger partial charge in [0, 0.05) is 38.9 Å². The van der Waals surface area contributed by atoms with Crippen LogP contribution in [0.25, 0.3) is 0 Å². The van der Waals surface area contributed by atoms with Crippen LogP contribution in [0.4, 0.5) is 5.69 Å². The predicted molar refractivity (Wildman–Crippen MR) is 177 cm³/mol. The zero-order valence-corrected chi connectivity index (χ0v) is 27.5. The van der Waals surface area contributed by atoms with Crippen LogP contribution in [-0.4, -0.2) is 90.9 Å². The van der Waals surface area contributed by atoms with Crippen LogP contribution < -0.4 is 10.2 Å². The van der Waals surface area contributed by atoms with Crippen molar-refractivity contribution in [3.63, 3.8) is 0 Å². The highest BCUT2D eigenvalue weighted by atomic mass is 16.6. The van der Waals surface area contributed by atoms with Crippen molar-refractivity contribution in [1.82, 2.24) is 10.2 Å². The molecule has 0 aliphatic carbocycles. The van der Waals surface area contributed by atoms with Crippen LogP contribution in [-0.2, 0) is 33.4 Å². The van der Waals surface area contributed by atoms with Crippen LogP contribution in [0, 0.1) is 25.7 Å². The molecule has 2 saturated heterocycles. The van der Waals surface area contributed by atoms with Gasteiger partial charge in [-0.25, -0.2) is 0 Å². The number of nitrogens with one attached hydrogen (secondary N) is 1. The molecule has 7 atom stereocenters. The van der Waals surface area contributed by atoms with Crippen molar-refractivity contribution < 1.29 is 38.5 Å². The van der Waals surface area contributed by atoms with Crippen molar-refractivity contribution in [3.8, 4) is 0 Å². The number of aliphatic hydroxyl groups is 1. The number of anilines is 1. The third kappa shape index (κ3) is 6.06. The van der Waals surface area contributed by atoms with Gasteiger partial charge in [-0.15, -0.1) is 0 Å². The van der Waals surface area contributed by atoms with E-state index < -0.39 is 53.6 Å². The van der Waals surface area contributed by atoms with Crippen LogP contribution in [0.3, 0.4) is 0 Å². The molecule has 4 aliphatic rings. The Labute approximate surface area is 280 Å². The molecule has 0 radical (unpaired) electrons. The average molecular weight is 658 g/mol. The Balaban J connectivity index is 1.45. The van der Waals surface area contributed by atoms with Crippen LogP contribution in [0.2, 0.25) is 0 Å². The van der Waals surface area contributed by atoms with E-state index in [0.29, 0.717) is 12.0 Å². The van der Waals surface area contributed by atoms with E-state index in [-0.39, 0.29) is 51.0 Å². The number of rotatable bonds is 7. The molecule has 0 unspecified atom stereocenters. The fourth-order valence-corrected chi connectivity index (χ4v) is 7.60. The van der Waals surface area contributed by atoms with E-state index in [9.17, 15) is 24.3 Å².